The fraction of sp³-hybridized carbons (Fsp3) is 0. The van der Waals surface area contributed by atoms with Crippen LogP contribution in [-0.4, -0.2) is 7.85 Å². The third-order valence-electron chi connectivity index (χ3n) is 5.72. The molecule has 5 aromatic carbocycles. The first-order valence-corrected chi connectivity index (χ1v) is 10.7. The van der Waals surface area contributed by atoms with E-state index in [2.05, 4.69) is 135 Å². The molecular formula is C30H23B. The van der Waals surface area contributed by atoms with E-state index in [1.165, 1.54) is 50.0 Å². The topological polar surface area (TPSA) is 0 Å². The zero-order valence-electron chi connectivity index (χ0n) is 17.6. The van der Waals surface area contributed by atoms with E-state index in [4.69, 9.17) is 0 Å². The van der Waals surface area contributed by atoms with E-state index in [0.29, 0.717) is 0 Å². The van der Waals surface area contributed by atoms with E-state index >= 15 is 0 Å². The normalized spacial score (nSPS) is 10.7. The van der Waals surface area contributed by atoms with Crippen LogP contribution in [0.25, 0.3) is 44.5 Å². The summed E-state index contributed by atoms with van der Waals surface area (Å²) in [6.07, 6.45) is 0. The molecule has 0 spiro atoms. The van der Waals surface area contributed by atoms with E-state index in [1.807, 2.05) is 0 Å². The second kappa shape index (κ2) is 8.49. The van der Waals surface area contributed by atoms with Gasteiger partial charge in [-0.2, -0.15) is 0 Å². The predicted octanol–water partition coefficient (Wildman–Crippen LogP) is 6.61. The van der Waals surface area contributed by atoms with Crippen LogP contribution in [0.3, 0.4) is 0 Å². The van der Waals surface area contributed by atoms with E-state index in [1.54, 1.807) is 0 Å². The fourth-order valence-electron chi connectivity index (χ4n) is 4.30. The van der Waals surface area contributed by atoms with Crippen molar-refractivity contribution in [2.75, 3.05) is 0 Å². The van der Waals surface area contributed by atoms with Crippen LogP contribution >= 0.6 is 0 Å². The Morgan fingerprint density at radius 1 is 0.323 bits per heavy atom. The lowest BCUT2D eigenvalue weighted by Crippen LogP contribution is -2.03. The van der Waals surface area contributed by atoms with Crippen LogP contribution in [0.2, 0.25) is 0 Å². The van der Waals surface area contributed by atoms with Gasteiger partial charge in [-0.15, -0.1) is 0 Å². The minimum Gasteiger partial charge on any atom is -0.0877 e. The van der Waals surface area contributed by atoms with Crippen molar-refractivity contribution in [2.45, 2.75) is 0 Å². The van der Waals surface area contributed by atoms with Crippen LogP contribution in [-0.2, 0) is 0 Å². The summed E-state index contributed by atoms with van der Waals surface area (Å²) in [7, 11) is 2.18. The van der Waals surface area contributed by atoms with Crippen LogP contribution in [0.1, 0.15) is 0 Å². The van der Waals surface area contributed by atoms with Gasteiger partial charge in [-0.05, 0) is 50.6 Å². The highest BCUT2D eigenvalue weighted by Gasteiger charge is 2.11. The van der Waals surface area contributed by atoms with Crippen molar-refractivity contribution in [2.24, 2.45) is 0 Å². The van der Waals surface area contributed by atoms with E-state index < -0.39 is 0 Å². The SMILES string of the molecule is Bc1cc(-c2ccccc2-c2ccccc2)cc(-c2ccccc2-c2ccccc2)c1. The third kappa shape index (κ3) is 3.95. The molecule has 0 amide bonds. The molecule has 1 heteroatoms. The molecule has 0 unspecified atom stereocenters. The molecule has 0 saturated carbocycles. The number of rotatable bonds is 4. The summed E-state index contributed by atoms with van der Waals surface area (Å²) < 4.78 is 0. The zero-order valence-corrected chi connectivity index (χ0v) is 17.6. The fourth-order valence-corrected chi connectivity index (χ4v) is 4.30. The molecule has 0 bridgehead atoms. The van der Waals surface area contributed by atoms with Gasteiger partial charge in [0.15, 0.2) is 0 Å². The molecule has 5 aromatic rings. The van der Waals surface area contributed by atoms with E-state index in [-0.39, 0.29) is 0 Å². The first-order valence-electron chi connectivity index (χ1n) is 10.7. The molecule has 0 heterocycles. The molecule has 0 aliphatic heterocycles. The maximum absolute atomic E-state index is 2.33. The lowest BCUT2D eigenvalue weighted by molar-refractivity contribution is 1.57. The summed E-state index contributed by atoms with van der Waals surface area (Å²) in [5.74, 6) is 0. The highest BCUT2D eigenvalue weighted by Crippen LogP contribution is 2.36. The van der Waals surface area contributed by atoms with Gasteiger partial charge in [0.2, 0.25) is 0 Å². The highest BCUT2D eigenvalue weighted by atomic mass is 14.1. The Kier molecular flexibility index (Phi) is 5.25. The predicted molar refractivity (Wildman–Crippen MR) is 136 cm³/mol. The summed E-state index contributed by atoms with van der Waals surface area (Å²) in [5.41, 5.74) is 11.3. The Hall–Kier alpha value is -3.84. The Morgan fingerprint density at radius 3 is 1.03 bits per heavy atom. The second-order valence-corrected chi connectivity index (χ2v) is 7.91. The average Bonchev–Trinajstić information content (AvgIpc) is 2.85. The standard InChI is InChI=1S/C30H23B/c31-26-20-24(29-17-9-7-15-27(29)22-11-3-1-4-12-22)19-25(21-26)30-18-10-8-16-28(30)23-13-5-2-6-14-23/h1-21H,31H2. The molecule has 0 saturated heterocycles. The molecule has 0 aliphatic rings. The number of benzene rings is 5. The summed E-state index contributed by atoms with van der Waals surface area (Å²) in [6.45, 7) is 0. The summed E-state index contributed by atoms with van der Waals surface area (Å²) in [5, 5.41) is 0. The van der Waals surface area contributed by atoms with Gasteiger partial charge in [-0.25, -0.2) is 0 Å². The van der Waals surface area contributed by atoms with Gasteiger partial charge in [0.1, 0.15) is 7.85 Å². The van der Waals surface area contributed by atoms with Gasteiger partial charge >= 0.3 is 0 Å². The Balaban J connectivity index is 1.68. The molecule has 0 fully saturated rings. The highest BCUT2D eigenvalue weighted by molar-refractivity contribution is 6.33. The second-order valence-electron chi connectivity index (χ2n) is 7.91. The van der Waals surface area contributed by atoms with Gasteiger partial charge in [0, 0.05) is 0 Å². The number of hydrogen-bond donors (Lipinski definition) is 0. The van der Waals surface area contributed by atoms with Crippen molar-refractivity contribution in [3.05, 3.63) is 127 Å². The zero-order chi connectivity index (χ0) is 21.0. The third-order valence-corrected chi connectivity index (χ3v) is 5.72. The van der Waals surface area contributed by atoms with Crippen LogP contribution in [0, 0.1) is 0 Å². The lowest BCUT2D eigenvalue weighted by Gasteiger charge is -2.15. The molecule has 0 radical (unpaired) electrons. The Morgan fingerprint density at radius 2 is 0.645 bits per heavy atom. The maximum atomic E-state index is 2.33. The summed E-state index contributed by atoms with van der Waals surface area (Å²) >= 11 is 0. The molecule has 0 N–H and O–H groups in total. The molecular weight excluding hydrogens is 371 g/mol. The molecule has 0 aromatic heterocycles. The van der Waals surface area contributed by atoms with E-state index in [9.17, 15) is 0 Å². The van der Waals surface area contributed by atoms with Gasteiger partial charge < -0.3 is 0 Å². The van der Waals surface area contributed by atoms with Crippen molar-refractivity contribution < 1.29 is 0 Å². The molecule has 146 valence electrons. The minimum atomic E-state index is 1.24. The number of hydrogen-bond acceptors (Lipinski definition) is 0. The molecule has 0 nitrogen and oxygen atoms in total. The first kappa shape index (κ1) is 19.1. The summed E-state index contributed by atoms with van der Waals surface area (Å²) in [6, 6.07) is 45.5. The maximum Gasteiger partial charge on any atom is 0.139 e. The van der Waals surface area contributed by atoms with Crippen molar-refractivity contribution in [3.8, 4) is 44.5 Å². The van der Waals surface area contributed by atoms with Gasteiger partial charge in [0.25, 0.3) is 0 Å². The quantitative estimate of drug-likeness (QED) is 0.301. The van der Waals surface area contributed by atoms with Crippen molar-refractivity contribution >= 4 is 13.3 Å². The van der Waals surface area contributed by atoms with E-state index in [0.717, 1.165) is 0 Å². The Labute approximate surface area is 185 Å². The van der Waals surface area contributed by atoms with Crippen molar-refractivity contribution in [1.29, 1.82) is 0 Å². The van der Waals surface area contributed by atoms with Gasteiger partial charge in [0.05, 0.1) is 0 Å². The average molecular weight is 394 g/mol. The molecule has 0 aliphatic carbocycles. The molecule has 31 heavy (non-hydrogen) atoms. The van der Waals surface area contributed by atoms with Crippen LogP contribution in [0.15, 0.2) is 127 Å². The van der Waals surface area contributed by atoms with Crippen LogP contribution in [0.4, 0.5) is 0 Å². The first-order chi connectivity index (χ1) is 15.3. The van der Waals surface area contributed by atoms with Crippen LogP contribution in [0.5, 0.6) is 0 Å². The smallest absolute Gasteiger partial charge is 0.0877 e. The Bertz CT molecular complexity index is 1220. The molecule has 0 atom stereocenters. The minimum absolute atomic E-state index is 1.24. The van der Waals surface area contributed by atoms with Crippen molar-refractivity contribution in [1.82, 2.24) is 0 Å². The summed E-state index contributed by atoms with van der Waals surface area (Å²) in [4.78, 5) is 0. The van der Waals surface area contributed by atoms with Gasteiger partial charge in [-0.1, -0.05) is 127 Å². The molecule has 5 rings (SSSR count). The monoisotopic (exact) mass is 394 g/mol. The van der Waals surface area contributed by atoms with Crippen molar-refractivity contribution in [3.63, 3.8) is 0 Å². The largest absolute Gasteiger partial charge is 0.139 e. The lowest BCUT2D eigenvalue weighted by atomic mass is 9.85. The van der Waals surface area contributed by atoms with Crippen LogP contribution < -0.4 is 5.46 Å². The van der Waals surface area contributed by atoms with Gasteiger partial charge in [-0.3, -0.25) is 0 Å².